The zero-order chi connectivity index (χ0) is 33.0. The normalized spacial score (nSPS) is 10.2. The molecule has 0 unspecified atom stereocenters. The molecule has 1 N–H and O–H groups in total. The summed E-state index contributed by atoms with van der Waals surface area (Å²) in [6.45, 7) is 0.705. The van der Waals surface area contributed by atoms with E-state index >= 15 is 0 Å². The third kappa shape index (κ3) is 8.65. The molecule has 0 saturated carbocycles. The fourth-order valence-electron chi connectivity index (χ4n) is 4.85. The molecule has 0 aliphatic rings. The molecule has 0 aliphatic carbocycles. The number of Topliss-reactive ketones (excluding diaryl/α,β-unsaturated/α-hetero) is 1. The number of halogens is 1. The molecule has 6 aromatic carbocycles. The molecule has 8 heteroatoms. The van der Waals surface area contributed by atoms with Crippen molar-refractivity contribution in [2.24, 2.45) is 0 Å². The Morgan fingerprint density at radius 3 is 1.91 bits per heavy atom. The Kier molecular flexibility index (Phi) is 11.0. The van der Waals surface area contributed by atoms with E-state index in [1.807, 2.05) is 91.0 Å². The van der Waals surface area contributed by atoms with Crippen LogP contribution in [0.1, 0.15) is 26.3 Å². The summed E-state index contributed by atoms with van der Waals surface area (Å²) in [7, 11) is 0. The van der Waals surface area contributed by atoms with Crippen molar-refractivity contribution in [3.8, 4) is 22.6 Å². The van der Waals surface area contributed by atoms with Gasteiger partial charge in [0.05, 0.1) is 5.69 Å². The first-order chi connectivity index (χ1) is 22.9. The number of hydrogen-bond acceptors (Lipinski definition) is 6. The molecule has 0 spiro atoms. The number of fused-ring (bicyclic) bond motifs is 1. The van der Waals surface area contributed by atoms with E-state index in [1.165, 1.54) is 0 Å². The first-order valence-corrected chi connectivity index (χ1v) is 15.3. The van der Waals surface area contributed by atoms with Crippen LogP contribution >= 0.6 is 15.9 Å². The first-order valence-electron chi connectivity index (χ1n) is 14.5. The molecule has 6 rings (SSSR count). The number of carbonyl (C=O) groups excluding carboxylic acids is 4. The van der Waals surface area contributed by atoms with Gasteiger partial charge in [0, 0.05) is 27.6 Å². The van der Waals surface area contributed by atoms with Crippen molar-refractivity contribution < 1.29 is 28.7 Å². The summed E-state index contributed by atoms with van der Waals surface area (Å²) in [4.78, 5) is 46.0. The van der Waals surface area contributed by atoms with Crippen LogP contribution in [0.5, 0.6) is 11.5 Å². The Balaban J connectivity index is 0.000000185. The standard InChI is InChI=1S/C21H16O3.C18H12BrNO3/c22-15-24-21-9-5-4-8-19(21)14-20(23)18-12-10-17(11-13-18)16-6-2-1-3-7-16;19-15-8-7-12-9-14(6-5-13(12)10-15)18(22)20-16-3-1-2-4-17(16)23-11-21/h1-13,15H,14H2;1-11H,(H,20,22). The van der Waals surface area contributed by atoms with Gasteiger partial charge in [0.1, 0.15) is 5.75 Å². The van der Waals surface area contributed by atoms with Crippen LogP contribution in [0.4, 0.5) is 5.69 Å². The lowest BCUT2D eigenvalue weighted by Gasteiger charge is -2.09. The number of nitrogens with one attached hydrogen (secondary N) is 1. The number of amides is 1. The second-order valence-corrected chi connectivity index (χ2v) is 11.2. The number of ketones is 1. The molecule has 0 heterocycles. The van der Waals surface area contributed by atoms with Gasteiger partial charge in [-0.1, -0.05) is 113 Å². The molecule has 0 aliphatic heterocycles. The summed E-state index contributed by atoms with van der Waals surface area (Å²) in [5.41, 5.74) is 4.48. The summed E-state index contributed by atoms with van der Waals surface area (Å²) in [6, 6.07) is 42.7. The minimum atomic E-state index is -0.267. The van der Waals surface area contributed by atoms with Gasteiger partial charge in [0.15, 0.2) is 11.5 Å². The molecule has 0 aromatic heterocycles. The molecular weight excluding hydrogens is 658 g/mol. The van der Waals surface area contributed by atoms with Crippen LogP contribution < -0.4 is 14.8 Å². The minimum absolute atomic E-state index is 0.0171. The van der Waals surface area contributed by atoms with E-state index in [2.05, 4.69) is 21.2 Å². The summed E-state index contributed by atoms with van der Waals surface area (Å²) in [5, 5.41) is 4.77. The number of hydrogen-bond donors (Lipinski definition) is 1. The fourth-order valence-corrected chi connectivity index (χ4v) is 5.23. The van der Waals surface area contributed by atoms with Gasteiger partial charge in [-0.05, 0) is 64.4 Å². The van der Waals surface area contributed by atoms with Gasteiger partial charge in [0.25, 0.3) is 18.9 Å². The van der Waals surface area contributed by atoms with Gasteiger partial charge < -0.3 is 14.8 Å². The third-order valence-electron chi connectivity index (χ3n) is 7.19. The van der Waals surface area contributed by atoms with Crippen molar-refractivity contribution >= 4 is 57.0 Å². The molecule has 0 fully saturated rings. The predicted molar refractivity (Wildman–Crippen MR) is 186 cm³/mol. The summed E-state index contributed by atoms with van der Waals surface area (Å²) in [6.07, 6.45) is 0.189. The van der Waals surface area contributed by atoms with Gasteiger partial charge in [0.2, 0.25) is 0 Å². The van der Waals surface area contributed by atoms with E-state index in [-0.39, 0.29) is 18.1 Å². The van der Waals surface area contributed by atoms with Crippen LogP contribution in [0.15, 0.2) is 144 Å². The molecule has 1 amide bonds. The Bertz CT molecular complexity index is 2030. The molecule has 232 valence electrons. The van der Waals surface area contributed by atoms with Gasteiger partial charge >= 0.3 is 0 Å². The van der Waals surface area contributed by atoms with Crippen LogP contribution in [-0.4, -0.2) is 24.6 Å². The highest BCUT2D eigenvalue weighted by atomic mass is 79.9. The van der Waals surface area contributed by atoms with Crippen LogP contribution in [0.3, 0.4) is 0 Å². The van der Waals surface area contributed by atoms with E-state index in [9.17, 15) is 19.2 Å². The van der Waals surface area contributed by atoms with Crippen LogP contribution in [0.2, 0.25) is 0 Å². The average Bonchev–Trinajstić information content (AvgIpc) is 3.10. The Hall–Kier alpha value is -5.86. The fraction of sp³-hybridized carbons (Fsp3) is 0.0256. The van der Waals surface area contributed by atoms with Crippen molar-refractivity contribution in [3.63, 3.8) is 0 Å². The highest BCUT2D eigenvalue weighted by molar-refractivity contribution is 9.10. The number of ether oxygens (including phenoxy) is 2. The van der Waals surface area contributed by atoms with Crippen LogP contribution in [-0.2, 0) is 16.0 Å². The molecule has 0 saturated heterocycles. The predicted octanol–water partition coefficient (Wildman–Crippen LogP) is 8.70. The monoisotopic (exact) mass is 685 g/mol. The zero-order valence-corrected chi connectivity index (χ0v) is 26.6. The third-order valence-corrected chi connectivity index (χ3v) is 7.68. The number of para-hydroxylation sites is 3. The molecule has 0 bridgehead atoms. The van der Waals surface area contributed by atoms with Crippen molar-refractivity contribution in [3.05, 3.63) is 161 Å². The summed E-state index contributed by atoms with van der Waals surface area (Å²) < 4.78 is 10.8. The number of benzene rings is 6. The lowest BCUT2D eigenvalue weighted by molar-refractivity contribution is -0.121. The van der Waals surface area contributed by atoms with Crippen molar-refractivity contribution in [2.45, 2.75) is 6.42 Å². The summed E-state index contributed by atoms with van der Waals surface area (Å²) >= 11 is 3.43. The molecular formula is C39H28BrNO6. The van der Waals surface area contributed by atoms with Gasteiger partial charge in [-0.2, -0.15) is 0 Å². The molecule has 0 atom stereocenters. The van der Waals surface area contributed by atoms with Crippen LogP contribution in [0, 0.1) is 0 Å². The van der Waals surface area contributed by atoms with Crippen LogP contribution in [0.25, 0.3) is 21.9 Å². The van der Waals surface area contributed by atoms with Crippen molar-refractivity contribution in [1.29, 1.82) is 0 Å². The quantitative estimate of drug-likeness (QED) is 0.114. The lowest BCUT2D eigenvalue weighted by atomic mass is 9.99. The second-order valence-electron chi connectivity index (χ2n) is 10.2. The Morgan fingerprint density at radius 1 is 0.596 bits per heavy atom. The SMILES string of the molecule is O=COc1ccccc1CC(=O)c1ccc(-c2ccccc2)cc1.O=COc1ccccc1NC(=O)c1ccc2cc(Br)ccc2c1. The summed E-state index contributed by atoms with van der Waals surface area (Å²) in [5.74, 6) is 0.440. The van der Waals surface area contributed by atoms with E-state index in [1.54, 1.807) is 48.5 Å². The Labute approximate surface area is 279 Å². The van der Waals surface area contributed by atoms with Crippen molar-refractivity contribution in [1.82, 2.24) is 0 Å². The first kappa shape index (κ1) is 32.5. The zero-order valence-electron chi connectivity index (χ0n) is 25.0. The number of anilines is 1. The largest absolute Gasteiger partial charge is 0.428 e. The maximum Gasteiger partial charge on any atom is 0.298 e. The molecule has 7 nitrogen and oxygen atoms in total. The average molecular weight is 687 g/mol. The van der Waals surface area contributed by atoms with Gasteiger partial charge in [-0.3, -0.25) is 19.2 Å². The lowest BCUT2D eigenvalue weighted by Crippen LogP contribution is -2.12. The highest BCUT2D eigenvalue weighted by Gasteiger charge is 2.12. The minimum Gasteiger partial charge on any atom is -0.428 e. The Morgan fingerprint density at radius 2 is 1.17 bits per heavy atom. The number of carbonyl (C=O) groups is 4. The molecule has 6 aromatic rings. The molecule has 47 heavy (non-hydrogen) atoms. The molecule has 0 radical (unpaired) electrons. The van der Waals surface area contributed by atoms with Gasteiger partial charge in [-0.15, -0.1) is 0 Å². The second kappa shape index (κ2) is 15.9. The smallest absolute Gasteiger partial charge is 0.298 e. The van der Waals surface area contributed by atoms with E-state index in [4.69, 9.17) is 9.47 Å². The maximum atomic E-state index is 12.5. The maximum absolute atomic E-state index is 12.5. The number of rotatable bonds is 10. The van der Waals surface area contributed by atoms with E-state index in [0.29, 0.717) is 46.8 Å². The van der Waals surface area contributed by atoms with E-state index in [0.717, 1.165) is 26.4 Å². The van der Waals surface area contributed by atoms with E-state index < -0.39 is 0 Å². The highest BCUT2D eigenvalue weighted by Crippen LogP contribution is 2.26. The van der Waals surface area contributed by atoms with Crippen molar-refractivity contribution in [2.75, 3.05) is 5.32 Å². The van der Waals surface area contributed by atoms with Gasteiger partial charge in [-0.25, -0.2) is 0 Å². The topological polar surface area (TPSA) is 98.8 Å².